The van der Waals surface area contributed by atoms with E-state index in [0.29, 0.717) is 55.7 Å². The van der Waals surface area contributed by atoms with E-state index in [1.54, 1.807) is 22.4 Å². The van der Waals surface area contributed by atoms with Crippen molar-refractivity contribution in [2.75, 3.05) is 46.0 Å². The van der Waals surface area contributed by atoms with Crippen LogP contribution in [0.25, 0.3) is 11.4 Å². The first kappa shape index (κ1) is 24.0. The third-order valence-corrected chi connectivity index (χ3v) is 6.74. The van der Waals surface area contributed by atoms with E-state index in [4.69, 9.17) is 9.47 Å². The third kappa shape index (κ3) is 4.36. The normalized spacial score (nSPS) is 20.4. The highest BCUT2D eigenvalue weighted by atomic mass is 16.5. The molecule has 2 aliphatic heterocycles. The van der Waals surface area contributed by atoms with E-state index in [1.165, 1.54) is 0 Å². The van der Waals surface area contributed by atoms with Crippen molar-refractivity contribution in [2.24, 2.45) is 0 Å². The smallest absolute Gasteiger partial charge is 0.295 e. The van der Waals surface area contributed by atoms with Crippen LogP contribution in [-0.2, 0) is 14.3 Å². The zero-order valence-corrected chi connectivity index (χ0v) is 20.5. The van der Waals surface area contributed by atoms with Gasteiger partial charge in [0.25, 0.3) is 11.7 Å². The number of amides is 1. The molecule has 4 heterocycles. The lowest BCUT2D eigenvalue weighted by atomic mass is 9.96. The summed E-state index contributed by atoms with van der Waals surface area (Å²) >= 11 is 0. The van der Waals surface area contributed by atoms with Crippen LogP contribution in [0.5, 0.6) is 5.75 Å². The highest BCUT2D eigenvalue weighted by Crippen LogP contribution is 2.40. The molecule has 3 aromatic rings. The van der Waals surface area contributed by atoms with Crippen LogP contribution in [0.4, 0.5) is 0 Å². The number of ether oxygens (including phenoxy) is 2. The summed E-state index contributed by atoms with van der Waals surface area (Å²) in [5, 5.41) is 11.5. The standard InChI is InChI=1S/C27H30N4O5/c1-3-36-20-9-7-19(8-10-20)24-22(25(32)23-18(2)28-21-6-4-5-11-30(21)23)26(33)27(34)31(24)13-12-29-14-16-35-17-15-29/h4-11,24,32H,3,12-17H2,1-2H3/t24-/m1/s1. The minimum Gasteiger partial charge on any atom is -0.505 e. The molecule has 2 fully saturated rings. The Balaban J connectivity index is 1.59. The topological polar surface area (TPSA) is 96.6 Å². The zero-order valence-electron chi connectivity index (χ0n) is 20.5. The van der Waals surface area contributed by atoms with Crippen molar-refractivity contribution in [3.8, 4) is 5.75 Å². The second-order valence-corrected chi connectivity index (χ2v) is 8.92. The summed E-state index contributed by atoms with van der Waals surface area (Å²) in [5.74, 6) is -0.838. The van der Waals surface area contributed by atoms with Gasteiger partial charge in [0.05, 0.1) is 37.1 Å². The van der Waals surface area contributed by atoms with Crippen LogP contribution in [0.1, 0.15) is 29.9 Å². The van der Waals surface area contributed by atoms with Crippen molar-refractivity contribution < 1.29 is 24.2 Å². The van der Waals surface area contributed by atoms with Crippen molar-refractivity contribution in [1.82, 2.24) is 19.2 Å². The molecule has 0 aliphatic carbocycles. The molecular formula is C27H30N4O5. The fourth-order valence-electron chi connectivity index (χ4n) is 4.97. The Hall–Kier alpha value is -3.69. The van der Waals surface area contributed by atoms with Crippen LogP contribution in [0.2, 0.25) is 0 Å². The highest BCUT2D eigenvalue weighted by Gasteiger charge is 2.46. The van der Waals surface area contributed by atoms with E-state index in [9.17, 15) is 14.7 Å². The van der Waals surface area contributed by atoms with Gasteiger partial charge in [-0.25, -0.2) is 4.98 Å². The van der Waals surface area contributed by atoms with Crippen LogP contribution >= 0.6 is 0 Å². The number of hydrogen-bond acceptors (Lipinski definition) is 7. The first-order chi connectivity index (χ1) is 17.5. The lowest BCUT2D eigenvalue weighted by molar-refractivity contribution is -0.140. The van der Waals surface area contributed by atoms with E-state index < -0.39 is 17.7 Å². The van der Waals surface area contributed by atoms with Gasteiger partial charge in [-0.1, -0.05) is 18.2 Å². The average molecular weight is 491 g/mol. The number of aryl methyl sites for hydroxylation is 1. The molecule has 0 saturated carbocycles. The van der Waals surface area contributed by atoms with Gasteiger partial charge in [-0.05, 0) is 43.7 Å². The van der Waals surface area contributed by atoms with E-state index in [2.05, 4.69) is 9.88 Å². The van der Waals surface area contributed by atoms with Gasteiger partial charge in [-0.15, -0.1) is 0 Å². The number of likely N-dealkylation sites (tertiary alicyclic amines) is 1. The number of fused-ring (bicyclic) bond motifs is 1. The van der Waals surface area contributed by atoms with E-state index in [-0.39, 0.29) is 11.3 Å². The van der Waals surface area contributed by atoms with Gasteiger partial charge in [0.15, 0.2) is 5.76 Å². The van der Waals surface area contributed by atoms with Crippen molar-refractivity contribution >= 4 is 23.1 Å². The maximum absolute atomic E-state index is 13.4. The number of imidazole rings is 1. The Morgan fingerprint density at radius 1 is 1.11 bits per heavy atom. The van der Waals surface area contributed by atoms with Crippen LogP contribution < -0.4 is 4.74 Å². The first-order valence-corrected chi connectivity index (χ1v) is 12.2. The fourth-order valence-corrected chi connectivity index (χ4v) is 4.97. The number of hydrogen-bond donors (Lipinski definition) is 1. The SMILES string of the molecule is CCOc1ccc([C@@H]2C(=C(O)c3c(C)nc4ccccn34)C(=O)C(=O)N2CCN2CCOCC2)cc1. The summed E-state index contributed by atoms with van der Waals surface area (Å²) in [6.07, 6.45) is 1.78. The minimum absolute atomic E-state index is 0.0693. The monoisotopic (exact) mass is 490 g/mol. The average Bonchev–Trinajstić information content (AvgIpc) is 3.36. The molecular weight excluding hydrogens is 460 g/mol. The molecule has 1 N–H and O–H groups in total. The molecule has 2 aliphatic rings. The largest absolute Gasteiger partial charge is 0.505 e. The van der Waals surface area contributed by atoms with E-state index in [1.807, 2.05) is 49.4 Å². The lowest BCUT2D eigenvalue weighted by Gasteiger charge is -2.31. The molecule has 1 atom stereocenters. The number of ketones is 1. The van der Waals surface area contributed by atoms with Crippen molar-refractivity contribution in [3.05, 3.63) is 71.2 Å². The first-order valence-electron chi connectivity index (χ1n) is 12.2. The number of benzene rings is 1. The van der Waals surface area contributed by atoms with Crippen molar-refractivity contribution in [2.45, 2.75) is 19.9 Å². The molecule has 0 spiro atoms. The number of morpholine rings is 1. The molecule has 0 bridgehead atoms. The van der Waals surface area contributed by atoms with Crippen LogP contribution in [0.15, 0.2) is 54.2 Å². The summed E-state index contributed by atoms with van der Waals surface area (Å²) in [6, 6.07) is 12.1. The fraction of sp³-hybridized carbons (Fsp3) is 0.370. The molecule has 2 saturated heterocycles. The van der Waals surface area contributed by atoms with E-state index >= 15 is 0 Å². The maximum atomic E-state index is 13.4. The van der Waals surface area contributed by atoms with E-state index in [0.717, 1.165) is 18.7 Å². The van der Waals surface area contributed by atoms with Gasteiger partial charge in [-0.2, -0.15) is 0 Å². The predicted octanol–water partition coefficient (Wildman–Crippen LogP) is 2.80. The molecule has 9 nitrogen and oxygen atoms in total. The zero-order chi connectivity index (χ0) is 25.2. The molecule has 188 valence electrons. The Labute approximate surface area is 209 Å². The Morgan fingerprint density at radius 3 is 2.58 bits per heavy atom. The van der Waals surface area contributed by atoms with Crippen molar-refractivity contribution in [1.29, 1.82) is 0 Å². The number of nitrogens with zero attached hydrogens (tertiary/aromatic N) is 4. The number of aromatic nitrogens is 2. The number of Topliss-reactive ketones (excluding diaryl/α,β-unsaturated/α-hetero) is 1. The number of aliphatic hydroxyl groups is 1. The van der Waals surface area contributed by atoms with Gasteiger partial charge in [0.1, 0.15) is 17.1 Å². The van der Waals surface area contributed by atoms with Crippen molar-refractivity contribution in [3.63, 3.8) is 0 Å². The minimum atomic E-state index is -0.727. The van der Waals surface area contributed by atoms with Gasteiger partial charge in [0, 0.05) is 32.4 Å². The summed E-state index contributed by atoms with van der Waals surface area (Å²) < 4.78 is 12.7. The third-order valence-electron chi connectivity index (χ3n) is 6.74. The molecule has 36 heavy (non-hydrogen) atoms. The van der Waals surface area contributed by atoms with Gasteiger partial charge in [-0.3, -0.25) is 18.9 Å². The molecule has 0 radical (unpaired) electrons. The van der Waals surface area contributed by atoms with Crippen LogP contribution in [-0.4, -0.2) is 82.0 Å². The lowest BCUT2D eigenvalue weighted by Crippen LogP contribution is -2.42. The number of carbonyl (C=O) groups excluding carboxylic acids is 2. The summed E-state index contributed by atoms with van der Waals surface area (Å²) in [6.45, 7) is 8.03. The highest BCUT2D eigenvalue weighted by molar-refractivity contribution is 6.46. The number of carbonyl (C=O) groups is 2. The quantitative estimate of drug-likeness (QED) is 0.309. The molecule has 1 aromatic carbocycles. The number of pyridine rings is 1. The molecule has 0 unspecified atom stereocenters. The molecule has 5 rings (SSSR count). The van der Waals surface area contributed by atoms with Gasteiger partial charge >= 0.3 is 0 Å². The van der Waals surface area contributed by atoms with Gasteiger partial charge in [0.2, 0.25) is 0 Å². The summed E-state index contributed by atoms with van der Waals surface area (Å²) in [5.41, 5.74) is 2.43. The molecule has 2 aromatic heterocycles. The second kappa shape index (κ2) is 10.1. The maximum Gasteiger partial charge on any atom is 0.295 e. The molecule has 9 heteroatoms. The van der Waals surface area contributed by atoms with Crippen LogP contribution in [0.3, 0.4) is 0 Å². The summed E-state index contributed by atoms with van der Waals surface area (Å²) in [7, 11) is 0. The predicted molar refractivity (Wildman–Crippen MR) is 134 cm³/mol. The second-order valence-electron chi connectivity index (χ2n) is 8.92. The van der Waals surface area contributed by atoms with Crippen LogP contribution in [0, 0.1) is 6.92 Å². The Kier molecular flexibility index (Phi) is 6.75. The summed E-state index contributed by atoms with van der Waals surface area (Å²) in [4.78, 5) is 35.0. The Morgan fingerprint density at radius 2 is 1.86 bits per heavy atom. The van der Waals surface area contributed by atoms with Gasteiger partial charge < -0.3 is 19.5 Å². The number of rotatable bonds is 7. The Bertz CT molecular complexity index is 1310. The number of aliphatic hydroxyl groups excluding tert-OH is 1. The molecule has 1 amide bonds.